The van der Waals surface area contributed by atoms with Gasteiger partial charge >= 0.3 is 24.1 Å². The van der Waals surface area contributed by atoms with Crippen LogP contribution in [-0.4, -0.2) is 122 Å². The molecule has 5 rings (SSSR count). The minimum absolute atomic E-state index is 0.00403. The van der Waals surface area contributed by atoms with Gasteiger partial charge in [-0.05, 0) is 78.5 Å². The van der Waals surface area contributed by atoms with Crippen LogP contribution >= 0.6 is 0 Å². The molecule has 322 valence electrons. The molecule has 2 aliphatic heterocycles. The quantitative estimate of drug-likeness (QED) is 0.146. The Balaban J connectivity index is 0.000000255. The van der Waals surface area contributed by atoms with Crippen molar-refractivity contribution in [2.45, 2.75) is 109 Å². The van der Waals surface area contributed by atoms with E-state index in [0.29, 0.717) is 31.5 Å². The van der Waals surface area contributed by atoms with E-state index in [1.807, 2.05) is 60.7 Å². The summed E-state index contributed by atoms with van der Waals surface area (Å²) in [5.74, 6) is -3.05. The van der Waals surface area contributed by atoms with Crippen LogP contribution in [0.3, 0.4) is 0 Å². The number of carbonyl (C=O) groups excluding carboxylic acids is 4. The number of fused-ring (bicyclic) bond motifs is 1. The third-order valence-corrected chi connectivity index (χ3v) is 8.61. The highest BCUT2D eigenvalue weighted by Crippen LogP contribution is 2.22. The molecule has 0 aliphatic carbocycles. The molecule has 0 radical (unpaired) electrons. The summed E-state index contributed by atoms with van der Waals surface area (Å²) in [5, 5.41) is 39.6. The summed E-state index contributed by atoms with van der Waals surface area (Å²) < 4.78 is 10.2. The van der Waals surface area contributed by atoms with E-state index in [4.69, 9.17) is 20.3 Å². The van der Waals surface area contributed by atoms with Crippen LogP contribution < -0.4 is 27.0 Å². The zero-order valence-electron chi connectivity index (χ0n) is 34.3. The number of nitrogens with two attached hydrogens (primary N) is 1. The Morgan fingerprint density at radius 3 is 2.14 bits per heavy atom. The molecule has 3 aromatic rings. The van der Waals surface area contributed by atoms with Gasteiger partial charge in [0, 0.05) is 37.0 Å². The van der Waals surface area contributed by atoms with Crippen molar-refractivity contribution in [3.63, 3.8) is 0 Å². The fourth-order valence-corrected chi connectivity index (χ4v) is 5.94. The summed E-state index contributed by atoms with van der Waals surface area (Å²) in [5.41, 5.74) is 6.88. The summed E-state index contributed by atoms with van der Waals surface area (Å²) in [6, 6.07) is 16.9. The molecule has 2 aromatic carbocycles. The van der Waals surface area contributed by atoms with Gasteiger partial charge in [-0.15, -0.1) is 0 Å². The molecule has 2 aliphatic rings. The molecular formula is C41H57N7O11. The normalized spacial score (nSPS) is 19.1. The van der Waals surface area contributed by atoms with Gasteiger partial charge in [-0.2, -0.15) is 0 Å². The number of nitrogen functional groups attached to an aromatic ring is 1. The second-order valence-corrected chi connectivity index (χ2v) is 16.1. The third-order valence-electron chi connectivity index (χ3n) is 8.61. The number of carboxylic acid groups (broad SMARTS) is 2. The van der Waals surface area contributed by atoms with E-state index in [0.717, 1.165) is 21.4 Å². The molecule has 59 heavy (non-hydrogen) atoms. The molecule has 0 saturated carbocycles. The monoisotopic (exact) mass is 823 g/mol. The Kier molecular flexibility index (Phi) is 17.4. The highest BCUT2D eigenvalue weighted by atomic mass is 16.6. The number of amides is 4. The van der Waals surface area contributed by atoms with Gasteiger partial charge in [0.2, 0.25) is 11.8 Å². The van der Waals surface area contributed by atoms with Crippen LogP contribution in [0.25, 0.3) is 10.9 Å². The van der Waals surface area contributed by atoms with Gasteiger partial charge in [-0.3, -0.25) is 24.3 Å². The van der Waals surface area contributed by atoms with Crippen LogP contribution in [0.15, 0.2) is 66.9 Å². The van der Waals surface area contributed by atoms with Crippen LogP contribution in [0.5, 0.6) is 0 Å². The summed E-state index contributed by atoms with van der Waals surface area (Å²) in [6.07, 6.45) is 0.464. The number of aliphatic carboxylic acids is 2. The maximum absolute atomic E-state index is 12.2. The molecule has 18 nitrogen and oxygen atoms in total. The number of ether oxygens (including phenoxy) is 2. The summed E-state index contributed by atoms with van der Waals surface area (Å²) in [7, 11) is 0. The fourth-order valence-electron chi connectivity index (χ4n) is 5.94. The number of para-hydroxylation sites is 1. The van der Waals surface area contributed by atoms with Crippen molar-refractivity contribution in [3.05, 3.63) is 72.4 Å². The average molecular weight is 824 g/mol. The number of nitrogens with one attached hydrogen (secondary N) is 4. The topological polar surface area (TPSA) is 272 Å². The first-order valence-electron chi connectivity index (χ1n) is 19.2. The van der Waals surface area contributed by atoms with Gasteiger partial charge in [0.1, 0.15) is 35.9 Å². The Bertz CT molecular complexity index is 1900. The number of benzene rings is 2. The maximum atomic E-state index is 12.2. The number of likely N-dealkylation sites (tertiary alicyclic amines) is 1. The van der Waals surface area contributed by atoms with Gasteiger partial charge in [-0.1, -0.05) is 48.5 Å². The number of rotatable bonds is 10. The molecule has 1 aromatic heterocycles. The lowest BCUT2D eigenvalue weighted by molar-refractivity contribution is -0.142. The van der Waals surface area contributed by atoms with Crippen molar-refractivity contribution in [1.29, 1.82) is 0 Å². The number of hydrogen-bond acceptors (Lipinski definition) is 12. The number of nitrogens with zero attached hydrogens (tertiary/aromatic N) is 2. The maximum Gasteiger partial charge on any atom is 0.411 e. The largest absolute Gasteiger partial charge is 0.480 e. The number of pyridine rings is 1. The lowest BCUT2D eigenvalue weighted by Crippen LogP contribution is -2.45. The van der Waals surface area contributed by atoms with Crippen molar-refractivity contribution in [1.82, 2.24) is 31.2 Å². The standard InChI is InChI=1S/C17H29N3O7.C15H20N2O4.C9H8N2/c1-16(2,3)26-14(24)18-8-12(21)19-10-7-11(13(22)23)20(9-10)15(25)27-17(4,5)6;18-13(7-6-10-4-2-1-3-5-10)14(19)17-11-8-12(15(20)21)16-9-11;10-8-5-7-3-1-2-4-9(7)11-6-8/h10-11H,7-9H2,1-6H3,(H,18,24)(H,19,21)(H,22,23);1-5,11-13,16,18H,6-9H2,(H,17,19)(H,20,21);1-6H,10H2/t10-,11-;11-,12+,13-;/m01./s1. The van der Waals surface area contributed by atoms with Crippen molar-refractivity contribution in [3.8, 4) is 0 Å². The van der Waals surface area contributed by atoms with Gasteiger partial charge in [-0.25, -0.2) is 14.4 Å². The Morgan fingerprint density at radius 1 is 0.881 bits per heavy atom. The molecule has 0 bridgehead atoms. The minimum atomic E-state index is -1.18. The number of aromatic nitrogens is 1. The predicted octanol–water partition coefficient (Wildman–Crippen LogP) is 2.82. The van der Waals surface area contributed by atoms with Gasteiger partial charge in [0.05, 0.1) is 17.4 Å². The predicted molar refractivity (Wildman–Crippen MR) is 218 cm³/mol. The highest BCUT2D eigenvalue weighted by Gasteiger charge is 2.42. The SMILES string of the molecule is CC(C)(C)OC(=O)NCC(=O)N[C@H]1C[C@@H](C(=O)O)N(C(=O)OC(C)(C)C)C1.Nc1cnc2ccccc2c1.O=C(N[C@H]1CN[C@H](C(=O)O)C1)[C@H](O)CCc1ccccc1. The molecule has 5 atom stereocenters. The Hall–Kier alpha value is -6.01. The zero-order chi connectivity index (χ0) is 43.9. The molecule has 3 heterocycles. The number of carboxylic acids is 2. The van der Waals surface area contributed by atoms with E-state index in [1.165, 1.54) is 0 Å². The van der Waals surface area contributed by atoms with Crippen LogP contribution in [0, 0.1) is 0 Å². The average Bonchev–Trinajstić information content (AvgIpc) is 3.80. The van der Waals surface area contributed by atoms with Gasteiger partial charge in [0.15, 0.2) is 0 Å². The molecule has 2 saturated heterocycles. The van der Waals surface area contributed by atoms with Crippen LogP contribution in [-0.2, 0) is 35.1 Å². The van der Waals surface area contributed by atoms with E-state index >= 15 is 0 Å². The molecule has 0 spiro atoms. The second kappa shape index (κ2) is 21.7. The fraction of sp³-hybridized carbons (Fsp3) is 0.488. The Labute approximate surface area is 343 Å². The lowest BCUT2D eigenvalue weighted by atomic mass is 10.1. The van der Waals surface area contributed by atoms with E-state index in [2.05, 4.69) is 26.3 Å². The number of hydrogen-bond donors (Lipinski definition) is 8. The number of anilines is 1. The molecular weight excluding hydrogens is 766 g/mol. The van der Waals surface area contributed by atoms with Gasteiger partial charge < -0.3 is 51.8 Å². The molecule has 2 fully saturated rings. The van der Waals surface area contributed by atoms with E-state index in [9.17, 15) is 39.0 Å². The molecule has 18 heteroatoms. The third kappa shape index (κ3) is 17.2. The Morgan fingerprint density at radius 2 is 1.53 bits per heavy atom. The lowest BCUT2D eigenvalue weighted by Gasteiger charge is -2.26. The van der Waals surface area contributed by atoms with E-state index in [1.54, 1.807) is 47.7 Å². The number of aryl methyl sites for hydroxylation is 1. The number of aliphatic hydroxyl groups excluding tert-OH is 1. The van der Waals surface area contributed by atoms with Crippen LogP contribution in [0.1, 0.15) is 66.4 Å². The van der Waals surface area contributed by atoms with Crippen LogP contribution in [0.2, 0.25) is 0 Å². The number of aliphatic hydroxyl groups is 1. The first kappa shape index (κ1) is 47.4. The summed E-state index contributed by atoms with van der Waals surface area (Å²) >= 11 is 0. The zero-order valence-corrected chi connectivity index (χ0v) is 34.3. The van der Waals surface area contributed by atoms with E-state index in [-0.39, 0.29) is 25.6 Å². The summed E-state index contributed by atoms with van der Waals surface area (Å²) in [4.78, 5) is 75.1. The first-order valence-corrected chi connectivity index (χ1v) is 19.2. The van der Waals surface area contributed by atoms with Gasteiger partial charge in [0.25, 0.3) is 0 Å². The minimum Gasteiger partial charge on any atom is -0.480 e. The highest BCUT2D eigenvalue weighted by molar-refractivity contribution is 5.84. The van der Waals surface area contributed by atoms with Crippen molar-refractivity contribution >= 4 is 52.5 Å². The summed E-state index contributed by atoms with van der Waals surface area (Å²) in [6.45, 7) is 10.2. The molecule has 4 amide bonds. The van der Waals surface area contributed by atoms with Crippen molar-refractivity contribution < 1.29 is 53.6 Å². The number of alkyl carbamates (subject to hydrolysis) is 1. The first-order chi connectivity index (χ1) is 27.6. The number of carbonyl (C=O) groups is 6. The van der Waals surface area contributed by atoms with E-state index < -0.39 is 71.4 Å². The molecule has 0 unspecified atom stereocenters. The second-order valence-electron chi connectivity index (χ2n) is 16.1. The van der Waals surface area contributed by atoms with Crippen molar-refractivity contribution in [2.24, 2.45) is 0 Å². The molecule has 9 N–H and O–H groups in total. The van der Waals surface area contributed by atoms with Crippen LogP contribution in [0.4, 0.5) is 15.3 Å². The van der Waals surface area contributed by atoms with Crippen molar-refractivity contribution in [2.75, 3.05) is 25.4 Å². The smallest absolute Gasteiger partial charge is 0.411 e.